The molecular weight excluding hydrogens is 426 g/mol. The first-order chi connectivity index (χ1) is 15.2. The van der Waals surface area contributed by atoms with Gasteiger partial charge in [0.1, 0.15) is 17.9 Å². The molecule has 6 nitrogen and oxygen atoms in total. The summed E-state index contributed by atoms with van der Waals surface area (Å²) in [6, 6.07) is 9.93. The molecule has 1 saturated heterocycles. The molecule has 0 N–H and O–H groups in total. The Balaban J connectivity index is 1.81. The predicted molar refractivity (Wildman–Crippen MR) is 125 cm³/mol. The van der Waals surface area contributed by atoms with Crippen molar-refractivity contribution in [3.63, 3.8) is 0 Å². The van der Waals surface area contributed by atoms with Crippen LogP contribution in [0.3, 0.4) is 0 Å². The van der Waals surface area contributed by atoms with Crippen LogP contribution in [0.25, 0.3) is 0 Å². The first-order valence-electron chi connectivity index (χ1n) is 10.8. The molecule has 1 aliphatic heterocycles. The number of hydrogen-bond donors (Lipinski definition) is 0. The van der Waals surface area contributed by atoms with Crippen molar-refractivity contribution in [1.29, 1.82) is 0 Å². The number of benzene rings is 1. The van der Waals surface area contributed by atoms with Crippen molar-refractivity contribution in [2.24, 2.45) is 11.3 Å². The number of rotatable bonds is 3. The molecule has 1 aromatic rings. The molecule has 7 heteroatoms. The van der Waals surface area contributed by atoms with Crippen LogP contribution < -0.4 is 4.90 Å². The molecule has 1 spiro atoms. The fraction of sp³-hybridized carbons (Fsp3) is 0.400. The predicted octanol–water partition coefficient (Wildman–Crippen LogP) is 3.70. The summed E-state index contributed by atoms with van der Waals surface area (Å²) in [5, 5.41) is 0.520. The number of hydrogen-bond acceptors (Lipinski definition) is 4. The minimum absolute atomic E-state index is 0.108. The van der Waals surface area contributed by atoms with E-state index >= 15 is 0 Å². The Morgan fingerprint density at radius 3 is 2.34 bits per heavy atom. The maximum absolute atomic E-state index is 13.6. The fourth-order valence-corrected chi connectivity index (χ4v) is 5.54. The Morgan fingerprint density at radius 1 is 1.12 bits per heavy atom. The number of anilines is 1. The van der Waals surface area contributed by atoms with E-state index in [1.165, 1.54) is 0 Å². The molecular formula is C25H28ClN3O3. The molecule has 0 saturated carbocycles. The van der Waals surface area contributed by atoms with Gasteiger partial charge in [0, 0.05) is 44.0 Å². The van der Waals surface area contributed by atoms with Crippen LogP contribution in [0.15, 0.2) is 64.4 Å². The third-order valence-corrected chi connectivity index (χ3v) is 7.68. The van der Waals surface area contributed by atoms with Gasteiger partial charge in [-0.15, -0.1) is 0 Å². The number of para-hydroxylation sites is 1. The number of allylic oxidation sites excluding steroid dienone is 5. The van der Waals surface area contributed by atoms with Crippen LogP contribution in [0.1, 0.15) is 26.2 Å². The van der Waals surface area contributed by atoms with Gasteiger partial charge in [0.2, 0.25) is 11.8 Å². The van der Waals surface area contributed by atoms with E-state index < -0.39 is 5.41 Å². The number of amides is 2. The summed E-state index contributed by atoms with van der Waals surface area (Å²) in [6.07, 6.45) is 5.52. The number of carbonyl (C=O) groups is 3. The molecule has 3 aliphatic rings. The zero-order chi connectivity index (χ0) is 23.2. The molecule has 168 valence electrons. The van der Waals surface area contributed by atoms with E-state index in [0.717, 1.165) is 17.5 Å². The van der Waals surface area contributed by atoms with E-state index in [9.17, 15) is 14.4 Å². The molecule has 0 aromatic heterocycles. The molecule has 1 heterocycles. The maximum Gasteiger partial charge on any atom is 0.240 e. The average molecular weight is 454 g/mol. The monoisotopic (exact) mass is 453 g/mol. The molecule has 1 aromatic carbocycles. The van der Waals surface area contributed by atoms with Crippen molar-refractivity contribution < 1.29 is 14.4 Å². The van der Waals surface area contributed by atoms with Crippen LogP contribution in [0.4, 0.5) is 5.69 Å². The van der Waals surface area contributed by atoms with E-state index in [4.69, 9.17) is 11.6 Å². The van der Waals surface area contributed by atoms with Gasteiger partial charge in [-0.1, -0.05) is 35.9 Å². The van der Waals surface area contributed by atoms with Gasteiger partial charge in [-0.3, -0.25) is 14.4 Å². The maximum atomic E-state index is 13.6. The Bertz CT molecular complexity index is 1040. The van der Waals surface area contributed by atoms with Crippen LogP contribution in [0.5, 0.6) is 0 Å². The number of halogens is 1. The Kier molecular flexibility index (Phi) is 5.76. The number of nitrogens with zero attached hydrogens (tertiary/aromatic N) is 3. The topological polar surface area (TPSA) is 60.9 Å². The van der Waals surface area contributed by atoms with Gasteiger partial charge in [-0.25, -0.2) is 0 Å². The molecule has 4 rings (SSSR count). The molecule has 0 radical (unpaired) electrons. The standard InChI is InChI=1S/C25H28ClN3O3/c1-16-28(3)23(31)25(24(32)29(16)4)13-17(15-30)12-20-21(25)11-10-18(22(20)26)14-27(2)19-8-6-5-7-9-19/h5-9,12,14-16,21H,10-11,13H2,1-4H3. The second-order valence-corrected chi connectivity index (χ2v) is 9.29. The third kappa shape index (κ3) is 3.28. The molecule has 0 bridgehead atoms. The first kappa shape index (κ1) is 22.3. The van der Waals surface area contributed by atoms with E-state index in [0.29, 0.717) is 29.0 Å². The van der Waals surface area contributed by atoms with Crippen molar-refractivity contribution in [2.45, 2.75) is 32.4 Å². The van der Waals surface area contributed by atoms with Gasteiger partial charge < -0.3 is 14.7 Å². The lowest BCUT2D eigenvalue weighted by Crippen LogP contribution is -2.67. The van der Waals surface area contributed by atoms with Gasteiger partial charge in [0.15, 0.2) is 0 Å². The highest BCUT2D eigenvalue weighted by Gasteiger charge is 2.61. The normalized spacial score (nSPS) is 29.4. The van der Waals surface area contributed by atoms with Crippen LogP contribution >= 0.6 is 11.6 Å². The van der Waals surface area contributed by atoms with Crippen molar-refractivity contribution in [1.82, 2.24) is 9.80 Å². The van der Waals surface area contributed by atoms with Crippen LogP contribution in [0.2, 0.25) is 0 Å². The van der Waals surface area contributed by atoms with E-state index in [1.54, 1.807) is 30.0 Å². The third-order valence-electron chi connectivity index (χ3n) is 7.22. The van der Waals surface area contributed by atoms with Crippen molar-refractivity contribution in [3.05, 3.63) is 64.4 Å². The first-order valence-corrected chi connectivity index (χ1v) is 11.2. The Labute approximate surface area is 193 Å². The highest BCUT2D eigenvalue weighted by molar-refractivity contribution is 6.33. The second kappa shape index (κ2) is 8.24. The van der Waals surface area contributed by atoms with Gasteiger partial charge in [0.05, 0.1) is 0 Å². The molecule has 2 amide bonds. The number of carbonyl (C=O) groups excluding carboxylic acids is 3. The lowest BCUT2D eigenvalue weighted by atomic mass is 9.59. The van der Waals surface area contributed by atoms with Crippen LogP contribution in [-0.2, 0) is 14.4 Å². The zero-order valence-corrected chi connectivity index (χ0v) is 19.6. The summed E-state index contributed by atoms with van der Waals surface area (Å²) >= 11 is 6.88. The van der Waals surface area contributed by atoms with E-state index in [-0.39, 0.29) is 30.3 Å². The lowest BCUT2D eigenvalue weighted by Gasteiger charge is -2.53. The molecule has 1 atom stereocenters. The lowest BCUT2D eigenvalue weighted by molar-refractivity contribution is -0.175. The SMILES string of the molecule is CC1N(C)C(=O)C2(CC(C=O)=CC3=C(Cl)C(=CN(C)c4ccccc4)CCC32)C(=O)N1C. The van der Waals surface area contributed by atoms with Crippen LogP contribution in [-0.4, -0.2) is 55.2 Å². The smallest absolute Gasteiger partial charge is 0.240 e. The summed E-state index contributed by atoms with van der Waals surface area (Å²) in [6.45, 7) is 1.83. The minimum atomic E-state index is -1.33. The molecule has 1 fully saturated rings. The van der Waals surface area contributed by atoms with Crippen LogP contribution in [0, 0.1) is 11.3 Å². The molecule has 1 unspecified atom stereocenters. The largest absolute Gasteiger partial charge is 0.351 e. The number of aldehydes is 1. The highest BCUT2D eigenvalue weighted by Crippen LogP contribution is 2.54. The van der Waals surface area contributed by atoms with Gasteiger partial charge in [-0.05, 0) is 55.0 Å². The van der Waals surface area contributed by atoms with E-state index in [2.05, 4.69) is 0 Å². The average Bonchev–Trinajstić information content (AvgIpc) is 2.82. The summed E-state index contributed by atoms with van der Waals surface area (Å²) in [7, 11) is 5.38. The van der Waals surface area contributed by atoms with Crippen molar-refractivity contribution >= 4 is 35.4 Å². The Hall–Kier alpha value is -2.86. The van der Waals surface area contributed by atoms with Gasteiger partial charge in [-0.2, -0.15) is 0 Å². The van der Waals surface area contributed by atoms with Gasteiger partial charge >= 0.3 is 0 Å². The van der Waals surface area contributed by atoms with Gasteiger partial charge in [0.25, 0.3) is 0 Å². The highest BCUT2D eigenvalue weighted by atomic mass is 35.5. The summed E-state index contributed by atoms with van der Waals surface area (Å²) < 4.78 is 0. The summed E-state index contributed by atoms with van der Waals surface area (Å²) in [5.74, 6) is -0.835. The fourth-order valence-electron chi connectivity index (χ4n) is 5.21. The minimum Gasteiger partial charge on any atom is -0.351 e. The molecule has 32 heavy (non-hydrogen) atoms. The van der Waals surface area contributed by atoms with Crippen molar-refractivity contribution in [3.8, 4) is 0 Å². The molecule has 2 aliphatic carbocycles. The Morgan fingerprint density at radius 2 is 1.75 bits per heavy atom. The summed E-state index contributed by atoms with van der Waals surface area (Å²) in [5.41, 5.74) is 1.75. The van der Waals surface area contributed by atoms with E-state index in [1.807, 2.05) is 55.4 Å². The number of fused-ring (bicyclic) bond motifs is 2. The summed E-state index contributed by atoms with van der Waals surface area (Å²) in [4.78, 5) is 44.2. The quantitative estimate of drug-likeness (QED) is 0.517. The zero-order valence-electron chi connectivity index (χ0n) is 18.8. The van der Waals surface area contributed by atoms with Crippen molar-refractivity contribution in [2.75, 3.05) is 26.0 Å². The second-order valence-electron chi connectivity index (χ2n) is 8.91.